The number of alkyl halides is 3. The Morgan fingerprint density at radius 3 is 2.31 bits per heavy atom. The van der Waals surface area contributed by atoms with E-state index in [1.807, 2.05) is 6.07 Å². The van der Waals surface area contributed by atoms with Gasteiger partial charge in [0.1, 0.15) is 23.3 Å². The lowest BCUT2D eigenvalue weighted by molar-refractivity contribution is -0.274. The van der Waals surface area contributed by atoms with E-state index in [2.05, 4.69) is 9.84 Å². The van der Waals surface area contributed by atoms with Gasteiger partial charge in [0.2, 0.25) is 5.91 Å². The van der Waals surface area contributed by atoms with E-state index >= 15 is 0 Å². The zero-order valence-electron chi connectivity index (χ0n) is 16.2. The average molecular weight is 492 g/mol. The van der Waals surface area contributed by atoms with Crippen molar-refractivity contribution in [3.63, 3.8) is 0 Å². The van der Waals surface area contributed by atoms with Gasteiger partial charge >= 0.3 is 12.5 Å². The number of hydrogen-bond donors (Lipinski definition) is 2. The summed E-state index contributed by atoms with van der Waals surface area (Å²) in [6.07, 6.45) is -5.93. The molecule has 0 radical (unpaired) electrons. The van der Waals surface area contributed by atoms with Gasteiger partial charge in [-0.1, -0.05) is 23.2 Å². The van der Waals surface area contributed by atoms with Crippen molar-refractivity contribution in [3.8, 4) is 17.5 Å². The van der Waals surface area contributed by atoms with Gasteiger partial charge in [-0.25, -0.2) is 9.48 Å². The van der Waals surface area contributed by atoms with E-state index in [1.54, 1.807) is 0 Å². The van der Waals surface area contributed by atoms with Crippen LogP contribution < -0.4 is 15.4 Å². The molecular weight excluding hydrogens is 478 g/mol. The van der Waals surface area contributed by atoms with Crippen LogP contribution in [0.2, 0.25) is 10.0 Å². The van der Waals surface area contributed by atoms with Crippen molar-refractivity contribution in [3.05, 3.63) is 33.4 Å². The number of nitriles is 1. The number of carbonyl (C=O) groups is 2. The van der Waals surface area contributed by atoms with Crippen molar-refractivity contribution in [2.24, 2.45) is 5.73 Å². The number of nitrogens with zero attached hydrogens (tertiary/aromatic N) is 4. The highest BCUT2D eigenvalue weighted by Crippen LogP contribution is 2.53. The fourth-order valence-corrected chi connectivity index (χ4v) is 4.02. The smallest absolute Gasteiger partial charge is 0.465 e. The number of carbonyl (C=O) groups excluding carboxylic acids is 1. The Morgan fingerprint density at radius 2 is 1.94 bits per heavy atom. The van der Waals surface area contributed by atoms with E-state index in [1.165, 1.54) is 6.92 Å². The molecule has 32 heavy (non-hydrogen) atoms. The third-order valence-corrected chi connectivity index (χ3v) is 5.48. The Labute approximate surface area is 188 Å². The van der Waals surface area contributed by atoms with Gasteiger partial charge < -0.3 is 15.6 Å². The number of ether oxygens (including phenoxy) is 1. The van der Waals surface area contributed by atoms with E-state index in [0.717, 1.165) is 21.7 Å². The Kier molecular flexibility index (Phi) is 5.92. The summed E-state index contributed by atoms with van der Waals surface area (Å²) < 4.78 is 42.4. The van der Waals surface area contributed by atoms with Crippen LogP contribution in [0.25, 0.3) is 5.69 Å². The number of halogens is 5. The van der Waals surface area contributed by atoms with Crippen LogP contribution in [-0.4, -0.2) is 39.8 Å². The molecule has 0 spiro atoms. The van der Waals surface area contributed by atoms with Crippen molar-refractivity contribution in [1.82, 2.24) is 9.78 Å². The molecule has 0 aliphatic heterocycles. The number of benzene rings is 1. The summed E-state index contributed by atoms with van der Waals surface area (Å²) >= 11 is 12.3. The van der Waals surface area contributed by atoms with Crippen molar-refractivity contribution in [1.29, 1.82) is 5.26 Å². The monoisotopic (exact) mass is 491 g/mol. The summed E-state index contributed by atoms with van der Waals surface area (Å²) in [5.41, 5.74) is 3.70. The summed E-state index contributed by atoms with van der Waals surface area (Å²) in [6.45, 7) is 1.37. The minimum absolute atomic E-state index is 0.0144. The van der Waals surface area contributed by atoms with Crippen LogP contribution in [0.4, 0.5) is 23.8 Å². The van der Waals surface area contributed by atoms with E-state index in [0.29, 0.717) is 0 Å². The molecule has 0 atom stereocenters. The van der Waals surface area contributed by atoms with Crippen LogP contribution in [0.1, 0.15) is 31.0 Å². The third kappa shape index (κ3) is 4.01. The van der Waals surface area contributed by atoms with Crippen LogP contribution in [0.5, 0.6) is 5.75 Å². The number of anilines is 1. The Hall–Kier alpha value is -3.17. The fourth-order valence-electron chi connectivity index (χ4n) is 3.39. The first-order chi connectivity index (χ1) is 14.9. The van der Waals surface area contributed by atoms with Crippen molar-refractivity contribution in [2.75, 3.05) is 11.4 Å². The van der Waals surface area contributed by atoms with Crippen LogP contribution in [0.3, 0.4) is 0 Å². The molecule has 0 saturated heterocycles. The second-order valence-electron chi connectivity index (χ2n) is 6.83. The van der Waals surface area contributed by atoms with E-state index in [-0.39, 0.29) is 52.2 Å². The first-order valence-corrected chi connectivity index (χ1v) is 9.71. The largest absolute Gasteiger partial charge is 0.573 e. The predicted molar refractivity (Wildman–Crippen MR) is 106 cm³/mol. The standard InChI is InChI=1S/C18H14Cl2F3N5O4/c1-2-27(16(30)31)14-12(17(3-4-17)15(25)29)11(7-24)26-28(14)13-9(19)5-8(6-10(13)20)32-18(21,22)23/h5-6H,2-4H2,1H3,(H2,25,29)(H,30,31). The second kappa shape index (κ2) is 8.07. The van der Waals surface area contributed by atoms with E-state index in [4.69, 9.17) is 28.9 Å². The predicted octanol–water partition coefficient (Wildman–Crippen LogP) is 3.97. The van der Waals surface area contributed by atoms with Gasteiger partial charge in [0, 0.05) is 24.2 Å². The highest BCUT2D eigenvalue weighted by Gasteiger charge is 2.55. The molecule has 1 fully saturated rings. The summed E-state index contributed by atoms with van der Waals surface area (Å²) in [6, 6.07) is 3.43. The molecule has 1 heterocycles. The molecule has 0 bridgehead atoms. The highest BCUT2D eigenvalue weighted by atomic mass is 35.5. The number of aromatic nitrogens is 2. The maximum Gasteiger partial charge on any atom is 0.573 e. The molecule has 1 aromatic carbocycles. The molecule has 3 rings (SSSR count). The first-order valence-electron chi connectivity index (χ1n) is 8.95. The number of rotatable bonds is 6. The SMILES string of the molecule is CCN(C(=O)O)c1c(C2(C(N)=O)CC2)c(C#N)nn1-c1c(Cl)cc(OC(F)(F)F)cc1Cl. The second-order valence-corrected chi connectivity index (χ2v) is 7.64. The van der Waals surface area contributed by atoms with Crippen LogP contribution in [0, 0.1) is 11.3 Å². The number of nitrogens with two attached hydrogens (primary N) is 1. The van der Waals surface area contributed by atoms with Gasteiger partial charge in [-0.2, -0.15) is 10.4 Å². The molecule has 9 nitrogen and oxygen atoms in total. The normalized spacial score (nSPS) is 14.5. The van der Waals surface area contributed by atoms with Gasteiger partial charge in [0.25, 0.3) is 0 Å². The third-order valence-electron chi connectivity index (χ3n) is 4.91. The maximum absolute atomic E-state index is 12.6. The van der Waals surface area contributed by atoms with Crippen molar-refractivity contribution >= 4 is 41.0 Å². The van der Waals surface area contributed by atoms with Crippen LogP contribution in [0.15, 0.2) is 12.1 Å². The lowest BCUT2D eigenvalue weighted by Crippen LogP contribution is -2.35. The van der Waals surface area contributed by atoms with Gasteiger partial charge in [-0.3, -0.25) is 9.69 Å². The molecule has 1 aliphatic carbocycles. The van der Waals surface area contributed by atoms with Gasteiger partial charge in [-0.05, 0) is 19.8 Å². The molecule has 0 unspecified atom stereocenters. The molecule has 3 N–H and O–H groups in total. The number of amides is 2. The van der Waals surface area contributed by atoms with Crippen LogP contribution in [-0.2, 0) is 10.2 Å². The zero-order valence-corrected chi connectivity index (χ0v) is 17.7. The Balaban J connectivity index is 2.33. The molecule has 1 saturated carbocycles. The summed E-state index contributed by atoms with van der Waals surface area (Å²) in [5, 5.41) is 22.7. The minimum Gasteiger partial charge on any atom is -0.465 e. The molecular formula is C18H14Cl2F3N5O4. The molecule has 2 amide bonds. The average Bonchev–Trinajstić information content (AvgIpc) is 3.38. The van der Waals surface area contributed by atoms with Gasteiger partial charge in [-0.15, -0.1) is 13.2 Å². The number of hydrogen-bond acceptors (Lipinski definition) is 5. The first kappa shape index (κ1) is 23.5. The summed E-state index contributed by atoms with van der Waals surface area (Å²) in [4.78, 5) is 24.9. The molecule has 170 valence electrons. The lowest BCUT2D eigenvalue weighted by Gasteiger charge is -2.23. The highest BCUT2D eigenvalue weighted by molar-refractivity contribution is 6.38. The molecule has 14 heteroatoms. The molecule has 1 aliphatic rings. The van der Waals surface area contributed by atoms with E-state index < -0.39 is 29.5 Å². The number of carboxylic acid groups (broad SMARTS) is 1. The van der Waals surface area contributed by atoms with Crippen molar-refractivity contribution in [2.45, 2.75) is 31.5 Å². The maximum atomic E-state index is 12.6. The lowest BCUT2D eigenvalue weighted by atomic mass is 9.94. The fraction of sp³-hybridized carbons (Fsp3) is 0.333. The van der Waals surface area contributed by atoms with Gasteiger partial charge in [0.05, 0.1) is 15.5 Å². The van der Waals surface area contributed by atoms with Crippen molar-refractivity contribution < 1.29 is 32.6 Å². The Morgan fingerprint density at radius 1 is 1.38 bits per heavy atom. The summed E-state index contributed by atoms with van der Waals surface area (Å²) in [7, 11) is 0. The minimum atomic E-state index is -5.01. The Bertz CT molecular complexity index is 1130. The van der Waals surface area contributed by atoms with Crippen LogP contribution >= 0.6 is 23.2 Å². The summed E-state index contributed by atoms with van der Waals surface area (Å²) in [5.74, 6) is -1.70. The van der Waals surface area contributed by atoms with E-state index in [9.17, 15) is 33.1 Å². The number of primary amides is 1. The van der Waals surface area contributed by atoms with Gasteiger partial charge in [0.15, 0.2) is 5.69 Å². The topological polar surface area (TPSA) is 134 Å². The molecule has 1 aromatic heterocycles. The quantitative estimate of drug-likeness (QED) is 0.627. The molecule has 2 aromatic rings. The zero-order chi connectivity index (χ0) is 24.0.